The van der Waals surface area contributed by atoms with Crippen molar-refractivity contribution < 1.29 is 62.2 Å². The number of ether oxygens (including phenoxy) is 2. The van der Waals surface area contributed by atoms with Crippen LogP contribution in [0.5, 0.6) is 5.75 Å². The molecule has 1 unspecified atom stereocenters. The zero-order chi connectivity index (χ0) is 34.5. The van der Waals surface area contributed by atoms with E-state index in [4.69, 9.17) is 4.74 Å². The van der Waals surface area contributed by atoms with Crippen molar-refractivity contribution in [2.24, 2.45) is 5.92 Å². The van der Waals surface area contributed by atoms with E-state index >= 15 is 0 Å². The molecule has 17 heteroatoms. The Morgan fingerprint density at radius 1 is 1.00 bits per heavy atom. The van der Waals surface area contributed by atoms with Gasteiger partial charge in [-0.25, -0.2) is 16.8 Å². The molecule has 0 saturated heterocycles. The highest BCUT2D eigenvalue weighted by molar-refractivity contribution is 7.93. The second kappa shape index (κ2) is 12.4. The van der Waals surface area contributed by atoms with Crippen molar-refractivity contribution in [1.29, 1.82) is 0 Å². The molecule has 2 aliphatic rings. The summed E-state index contributed by atoms with van der Waals surface area (Å²) in [7, 11) is -8.40. The predicted molar refractivity (Wildman–Crippen MR) is 152 cm³/mol. The lowest BCUT2D eigenvalue weighted by Crippen LogP contribution is -2.45. The van der Waals surface area contributed by atoms with E-state index in [1.54, 1.807) is 0 Å². The average Bonchev–Trinajstić information content (AvgIpc) is 3.78. The number of Topliss-reactive ketones (excluding diaryl/α,β-unsaturated/α-hetero) is 1. The van der Waals surface area contributed by atoms with Gasteiger partial charge < -0.3 is 9.47 Å². The van der Waals surface area contributed by atoms with Gasteiger partial charge in [-0.2, -0.15) is 26.3 Å². The first-order chi connectivity index (χ1) is 21.0. The largest absolute Gasteiger partial charge is 0.486 e. The second-order valence-electron chi connectivity index (χ2n) is 11.9. The zero-order valence-corrected chi connectivity index (χ0v) is 26.4. The van der Waals surface area contributed by atoms with Gasteiger partial charge in [0.25, 0.3) is 10.0 Å². The minimum absolute atomic E-state index is 0.0156. The Morgan fingerprint density at radius 3 is 2.24 bits per heavy atom. The molecule has 1 aliphatic carbocycles. The number of halogens is 6. The molecule has 4 rings (SSSR count). The van der Waals surface area contributed by atoms with Crippen molar-refractivity contribution in [3.63, 3.8) is 0 Å². The number of esters is 1. The number of carbonyl (C=O) groups is 2. The van der Waals surface area contributed by atoms with Crippen LogP contribution in [-0.2, 0) is 46.8 Å². The summed E-state index contributed by atoms with van der Waals surface area (Å²) in [5.74, 6) is -3.59. The Morgan fingerprint density at radius 2 is 1.65 bits per heavy atom. The van der Waals surface area contributed by atoms with Gasteiger partial charge in [-0.05, 0) is 69.0 Å². The van der Waals surface area contributed by atoms with Crippen LogP contribution < -0.4 is 9.04 Å². The molecule has 2 aromatic carbocycles. The first kappa shape index (κ1) is 35.5. The van der Waals surface area contributed by atoms with Gasteiger partial charge in [0, 0.05) is 5.92 Å². The van der Waals surface area contributed by atoms with Crippen molar-refractivity contribution >= 4 is 37.3 Å². The monoisotopic (exact) mass is 699 g/mol. The Bertz CT molecular complexity index is 1720. The molecule has 46 heavy (non-hydrogen) atoms. The molecule has 2 aromatic rings. The molecule has 2 atom stereocenters. The minimum Gasteiger partial charge on any atom is -0.486 e. The number of ketones is 1. The zero-order valence-electron chi connectivity index (χ0n) is 24.8. The molecule has 0 aromatic heterocycles. The maximum Gasteiger partial charge on any atom is 0.427 e. The molecule has 0 radical (unpaired) electrons. The normalized spacial score (nSPS) is 18.4. The fourth-order valence-corrected chi connectivity index (χ4v) is 8.05. The molecule has 1 saturated carbocycles. The lowest BCUT2D eigenvalue weighted by atomic mass is 9.98. The van der Waals surface area contributed by atoms with E-state index in [9.17, 15) is 52.8 Å². The van der Waals surface area contributed by atoms with Gasteiger partial charge in [-0.1, -0.05) is 19.1 Å². The van der Waals surface area contributed by atoms with Gasteiger partial charge in [0.05, 0.1) is 34.4 Å². The number of hydrogen-bond donors (Lipinski definition) is 0. The Balaban J connectivity index is 1.66. The number of alkyl halides is 6. The molecule has 1 fully saturated rings. The summed E-state index contributed by atoms with van der Waals surface area (Å²) in [6.07, 6.45) is -10.7. The van der Waals surface area contributed by atoms with Crippen LogP contribution in [0.25, 0.3) is 0 Å². The standard InChI is InChI=1S/C29H31F6NO8S2/c1-17(24(37)16-45(39,40)21-8-9-21)11-20-15-36(46(41,42)22-6-4-5-19(14-22)28(30,31)32)23-12-18(7-10-25(23)43-20)13-26(38)44-27(2,3)29(33,34)35/h4-7,10,12,14,17,20-21H,8-9,11,13,15-16H2,1-3H3/t17?,20-/m0/s1. The summed E-state index contributed by atoms with van der Waals surface area (Å²) in [5.41, 5.74) is -4.26. The van der Waals surface area contributed by atoms with Crippen LogP contribution >= 0.6 is 0 Å². The molecule has 254 valence electrons. The molecule has 1 heterocycles. The number of nitrogens with zero attached hydrogens (tertiary/aromatic N) is 1. The van der Waals surface area contributed by atoms with E-state index in [2.05, 4.69) is 4.74 Å². The number of rotatable bonds is 11. The predicted octanol–water partition coefficient (Wildman–Crippen LogP) is 5.26. The Hall–Kier alpha value is -3.34. The topological polar surface area (TPSA) is 124 Å². The van der Waals surface area contributed by atoms with E-state index in [1.165, 1.54) is 19.1 Å². The average molecular weight is 700 g/mol. The number of fused-ring (bicyclic) bond motifs is 1. The van der Waals surface area contributed by atoms with Crippen molar-refractivity contribution in [3.05, 3.63) is 53.6 Å². The summed E-state index contributed by atoms with van der Waals surface area (Å²) in [6.45, 7) is 2.24. The van der Waals surface area contributed by atoms with E-state index < -0.39 is 96.0 Å². The summed E-state index contributed by atoms with van der Waals surface area (Å²) >= 11 is 0. The summed E-state index contributed by atoms with van der Waals surface area (Å²) in [4.78, 5) is 24.4. The summed E-state index contributed by atoms with van der Waals surface area (Å²) in [6, 6.07) is 6.62. The van der Waals surface area contributed by atoms with E-state index in [1.807, 2.05) is 0 Å². The number of sulfonamides is 1. The van der Waals surface area contributed by atoms with Crippen LogP contribution in [0.15, 0.2) is 47.4 Å². The van der Waals surface area contributed by atoms with Crippen LogP contribution in [0.2, 0.25) is 0 Å². The molecular formula is C29H31F6NO8S2. The van der Waals surface area contributed by atoms with Crippen LogP contribution in [0.1, 0.15) is 51.2 Å². The second-order valence-corrected chi connectivity index (χ2v) is 16.0. The van der Waals surface area contributed by atoms with Gasteiger partial charge in [0.15, 0.2) is 15.6 Å². The van der Waals surface area contributed by atoms with Gasteiger partial charge in [-0.3, -0.25) is 13.9 Å². The lowest BCUT2D eigenvalue weighted by Gasteiger charge is -2.36. The first-order valence-electron chi connectivity index (χ1n) is 14.0. The minimum atomic E-state index is -4.88. The number of anilines is 1. The van der Waals surface area contributed by atoms with Crippen molar-refractivity contribution in [1.82, 2.24) is 0 Å². The van der Waals surface area contributed by atoms with Crippen LogP contribution in [0, 0.1) is 5.92 Å². The first-order valence-corrected chi connectivity index (χ1v) is 17.2. The quantitative estimate of drug-likeness (QED) is 0.230. The number of hydrogen-bond acceptors (Lipinski definition) is 8. The third kappa shape index (κ3) is 7.96. The summed E-state index contributed by atoms with van der Waals surface area (Å²) in [5, 5.41) is -0.569. The van der Waals surface area contributed by atoms with Gasteiger partial charge in [-0.15, -0.1) is 0 Å². The molecule has 0 N–H and O–H groups in total. The third-order valence-corrected chi connectivity index (χ3v) is 11.6. The van der Waals surface area contributed by atoms with Crippen LogP contribution in [0.4, 0.5) is 32.0 Å². The Labute approximate surface area is 261 Å². The summed E-state index contributed by atoms with van der Waals surface area (Å²) < 4.78 is 144. The highest BCUT2D eigenvalue weighted by Gasteiger charge is 2.51. The van der Waals surface area contributed by atoms with E-state index in [0.29, 0.717) is 38.8 Å². The SMILES string of the molecule is CC(C[C@H]1CN(S(=O)(=O)c2cccc(C(F)(F)F)c2)c2cc(CC(=O)OC(C)(C)C(F)(F)F)ccc2O1)C(=O)CS(=O)(=O)C1CC1. The van der Waals surface area contributed by atoms with E-state index in [0.717, 1.165) is 22.5 Å². The Kier molecular flexibility index (Phi) is 9.54. The van der Waals surface area contributed by atoms with Crippen LogP contribution in [0.3, 0.4) is 0 Å². The molecule has 0 amide bonds. The molecule has 0 bridgehead atoms. The van der Waals surface area contributed by atoms with Crippen molar-refractivity contribution in [2.45, 2.75) is 80.7 Å². The fourth-order valence-electron chi connectivity index (χ4n) is 4.73. The van der Waals surface area contributed by atoms with Gasteiger partial charge >= 0.3 is 18.3 Å². The highest BCUT2D eigenvalue weighted by atomic mass is 32.2. The van der Waals surface area contributed by atoms with Crippen molar-refractivity contribution in [3.8, 4) is 5.75 Å². The maximum absolute atomic E-state index is 13.8. The molecule has 9 nitrogen and oxygen atoms in total. The molecule has 0 spiro atoms. The van der Waals surface area contributed by atoms with Crippen LogP contribution in [-0.4, -0.2) is 64.0 Å². The third-order valence-electron chi connectivity index (χ3n) is 7.65. The fraction of sp³-hybridized carbons (Fsp3) is 0.517. The van der Waals surface area contributed by atoms with Crippen molar-refractivity contribution in [2.75, 3.05) is 16.6 Å². The number of carbonyl (C=O) groups excluding carboxylic acids is 2. The van der Waals surface area contributed by atoms with E-state index in [-0.39, 0.29) is 23.4 Å². The molecular weight excluding hydrogens is 668 g/mol. The number of benzene rings is 2. The smallest absolute Gasteiger partial charge is 0.427 e. The van der Waals surface area contributed by atoms with Gasteiger partial charge in [0.2, 0.25) is 5.60 Å². The molecule has 1 aliphatic heterocycles. The maximum atomic E-state index is 13.8. The number of sulfone groups is 1. The van der Waals surface area contributed by atoms with Gasteiger partial charge in [0.1, 0.15) is 17.6 Å². The highest BCUT2D eigenvalue weighted by Crippen LogP contribution is 2.41. The lowest BCUT2D eigenvalue weighted by molar-refractivity contribution is -0.257.